The molecule has 2 atom stereocenters. The lowest BCUT2D eigenvalue weighted by molar-refractivity contribution is -0.152. The van der Waals surface area contributed by atoms with E-state index < -0.39 is 5.92 Å². The second kappa shape index (κ2) is 8.25. The molecule has 1 rings (SSSR count). The molecule has 1 heterocycles. The Morgan fingerprint density at radius 1 is 1.33 bits per heavy atom. The molecule has 0 aromatic rings. The molecule has 4 nitrogen and oxygen atoms in total. The van der Waals surface area contributed by atoms with Crippen LogP contribution in [0.25, 0.3) is 0 Å². The van der Waals surface area contributed by atoms with Crippen molar-refractivity contribution in [2.75, 3.05) is 13.2 Å². The molecule has 18 heavy (non-hydrogen) atoms. The first-order valence-electron chi connectivity index (χ1n) is 7.00. The third kappa shape index (κ3) is 4.77. The molecule has 104 valence electrons. The van der Waals surface area contributed by atoms with Gasteiger partial charge < -0.3 is 9.47 Å². The lowest BCUT2D eigenvalue weighted by atomic mass is 9.93. The van der Waals surface area contributed by atoms with Crippen LogP contribution < -0.4 is 0 Å². The fourth-order valence-electron chi connectivity index (χ4n) is 2.28. The highest BCUT2D eigenvalue weighted by molar-refractivity contribution is 5.99. The second-order valence-electron chi connectivity index (χ2n) is 4.75. The fraction of sp³-hybridized carbons (Fsp3) is 0.857. The zero-order valence-corrected chi connectivity index (χ0v) is 11.4. The molecule has 4 heteroatoms. The number of Topliss-reactive ketones (excluding diaryl/α,β-unsaturated/α-hetero) is 1. The maximum atomic E-state index is 12.1. The number of carbonyl (C=O) groups is 2. The largest absolute Gasteiger partial charge is 0.465 e. The molecular formula is C14H24O4. The number of ketones is 1. The molecule has 1 saturated heterocycles. The molecule has 0 aromatic heterocycles. The summed E-state index contributed by atoms with van der Waals surface area (Å²) < 4.78 is 10.5. The van der Waals surface area contributed by atoms with E-state index in [9.17, 15) is 9.59 Å². The number of rotatable bonds is 7. The number of carbonyl (C=O) groups excluding carboxylic acids is 2. The fourth-order valence-corrected chi connectivity index (χ4v) is 2.28. The van der Waals surface area contributed by atoms with Crippen LogP contribution in [0, 0.1) is 5.92 Å². The van der Waals surface area contributed by atoms with E-state index in [-0.39, 0.29) is 17.9 Å². The summed E-state index contributed by atoms with van der Waals surface area (Å²) in [6.07, 6.45) is 4.83. The maximum Gasteiger partial charge on any atom is 0.316 e. The summed E-state index contributed by atoms with van der Waals surface area (Å²) in [5, 5.41) is 0. The summed E-state index contributed by atoms with van der Waals surface area (Å²) >= 11 is 0. The van der Waals surface area contributed by atoms with E-state index in [1.54, 1.807) is 6.92 Å². The summed E-state index contributed by atoms with van der Waals surface area (Å²) in [5.41, 5.74) is 0. The minimum atomic E-state index is -0.597. The number of ether oxygens (including phenoxy) is 2. The van der Waals surface area contributed by atoms with Gasteiger partial charge in [-0.3, -0.25) is 9.59 Å². The van der Waals surface area contributed by atoms with E-state index in [0.717, 1.165) is 32.3 Å². The van der Waals surface area contributed by atoms with Gasteiger partial charge in [0.25, 0.3) is 0 Å². The van der Waals surface area contributed by atoms with Crippen LogP contribution >= 0.6 is 0 Å². The van der Waals surface area contributed by atoms with Crippen LogP contribution in [-0.4, -0.2) is 31.1 Å². The molecule has 0 amide bonds. The smallest absolute Gasteiger partial charge is 0.316 e. The van der Waals surface area contributed by atoms with Crippen molar-refractivity contribution in [2.24, 2.45) is 5.92 Å². The lowest BCUT2D eigenvalue weighted by Gasteiger charge is -2.23. The molecule has 1 aliphatic heterocycles. The van der Waals surface area contributed by atoms with Crippen molar-refractivity contribution in [3.63, 3.8) is 0 Å². The van der Waals surface area contributed by atoms with Crippen LogP contribution in [-0.2, 0) is 19.1 Å². The average Bonchev–Trinajstić information content (AvgIpc) is 2.37. The Labute approximate surface area is 109 Å². The van der Waals surface area contributed by atoms with E-state index >= 15 is 0 Å². The van der Waals surface area contributed by atoms with E-state index in [0.29, 0.717) is 19.4 Å². The van der Waals surface area contributed by atoms with Gasteiger partial charge in [0.2, 0.25) is 0 Å². The summed E-state index contributed by atoms with van der Waals surface area (Å²) in [4.78, 5) is 23.9. The highest BCUT2D eigenvalue weighted by atomic mass is 16.5. The van der Waals surface area contributed by atoms with Crippen molar-refractivity contribution in [3.05, 3.63) is 0 Å². The number of hydrogen-bond donors (Lipinski definition) is 0. The van der Waals surface area contributed by atoms with Gasteiger partial charge in [-0.25, -0.2) is 0 Å². The highest BCUT2D eigenvalue weighted by Gasteiger charge is 2.29. The summed E-state index contributed by atoms with van der Waals surface area (Å²) in [5.74, 6) is -0.997. The Morgan fingerprint density at radius 2 is 2.11 bits per heavy atom. The third-order valence-electron chi connectivity index (χ3n) is 3.24. The van der Waals surface area contributed by atoms with Crippen LogP contribution in [0.15, 0.2) is 0 Å². The topological polar surface area (TPSA) is 52.6 Å². The summed E-state index contributed by atoms with van der Waals surface area (Å²) in [7, 11) is 0. The van der Waals surface area contributed by atoms with Gasteiger partial charge in [0, 0.05) is 13.0 Å². The van der Waals surface area contributed by atoms with Gasteiger partial charge in [0.05, 0.1) is 12.7 Å². The van der Waals surface area contributed by atoms with Gasteiger partial charge >= 0.3 is 5.97 Å². The Balaban J connectivity index is 2.49. The molecule has 2 unspecified atom stereocenters. The Hall–Kier alpha value is -0.900. The molecule has 1 fully saturated rings. The van der Waals surface area contributed by atoms with Gasteiger partial charge in [-0.1, -0.05) is 13.3 Å². The molecule has 0 aromatic carbocycles. The van der Waals surface area contributed by atoms with Gasteiger partial charge in [0.1, 0.15) is 11.7 Å². The van der Waals surface area contributed by atoms with Gasteiger partial charge in [-0.15, -0.1) is 0 Å². The number of hydrogen-bond acceptors (Lipinski definition) is 4. The maximum absolute atomic E-state index is 12.1. The van der Waals surface area contributed by atoms with Gasteiger partial charge in [-0.2, -0.15) is 0 Å². The van der Waals surface area contributed by atoms with Crippen molar-refractivity contribution in [3.8, 4) is 0 Å². The first kappa shape index (κ1) is 15.2. The zero-order chi connectivity index (χ0) is 13.4. The standard InChI is InChI=1S/C14H24O4/c1-3-7-12(14(16)17-4-2)13(15)10-11-8-5-6-9-18-11/h11-12H,3-10H2,1-2H3. The Morgan fingerprint density at radius 3 is 2.67 bits per heavy atom. The van der Waals surface area contributed by atoms with Crippen LogP contribution in [0.4, 0.5) is 0 Å². The van der Waals surface area contributed by atoms with Crippen LogP contribution in [0.1, 0.15) is 52.4 Å². The van der Waals surface area contributed by atoms with Crippen molar-refractivity contribution in [1.29, 1.82) is 0 Å². The quantitative estimate of drug-likeness (QED) is 0.519. The predicted octanol–water partition coefficient (Wildman–Crippen LogP) is 2.49. The highest BCUT2D eigenvalue weighted by Crippen LogP contribution is 2.20. The van der Waals surface area contributed by atoms with Crippen molar-refractivity contribution in [1.82, 2.24) is 0 Å². The van der Waals surface area contributed by atoms with Crippen LogP contribution in [0.3, 0.4) is 0 Å². The molecule has 0 radical (unpaired) electrons. The Kier molecular flexibility index (Phi) is 6.94. The van der Waals surface area contributed by atoms with Crippen LogP contribution in [0.2, 0.25) is 0 Å². The SMILES string of the molecule is CCCC(C(=O)CC1CCCCO1)C(=O)OCC. The summed E-state index contributed by atoms with van der Waals surface area (Å²) in [6.45, 7) is 4.79. The zero-order valence-electron chi connectivity index (χ0n) is 11.4. The second-order valence-corrected chi connectivity index (χ2v) is 4.75. The van der Waals surface area contributed by atoms with E-state index in [2.05, 4.69) is 0 Å². The first-order chi connectivity index (χ1) is 8.69. The first-order valence-corrected chi connectivity index (χ1v) is 7.00. The average molecular weight is 256 g/mol. The molecule has 0 N–H and O–H groups in total. The van der Waals surface area contributed by atoms with E-state index in [4.69, 9.17) is 9.47 Å². The normalized spacial score (nSPS) is 21.3. The lowest BCUT2D eigenvalue weighted by Crippen LogP contribution is -2.31. The minimum absolute atomic E-state index is 0.0000302. The summed E-state index contributed by atoms with van der Waals surface area (Å²) in [6, 6.07) is 0. The van der Waals surface area contributed by atoms with Crippen molar-refractivity contribution >= 4 is 11.8 Å². The number of esters is 1. The van der Waals surface area contributed by atoms with Crippen molar-refractivity contribution in [2.45, 2.75) is 58.5 Å². The minimum Gasteiger partial charge on any atom is -0.465 e. The van der Waals surface area contributed by atoms with Crippen LogP contribution in [0.5, 0.6) is 0 Å². The Bertz CT molecular complexity index is 269. The molecule has 0 spiro atoms. The van der Waals surface area contributed by atoms with E-state index in [1.807, 2.05) is 6.92 Å². The monoisotopic (exact) mass is 256 g/mol. The molecule has 0 bridgehead atoms. The molecule has 0 aliphatic carbocycles. The van der Waals surface area contributed by atoms with Crippen molar-refractivity contribution < 1.29 is 19.1 Å². The van der Waals surface area contributed by atoms with Gasteiger partial charge in [0.15, 0.2) is 0 Å². The third-order valence-corrected chi connectivity index (χ3v) is 3.24. The molecular weight excluding hydrogens is 232 g/mol. The van der Waals surface area contributed by atoms with E-state index in [1.165, 1.54) is 0 Å². The molecule has 1 aliphatic rings. The predicted molar refractivity (Wildman–Crippen MR) is 68.2 cm³/mol. The van der Waals surface area contributed by atoms with Gasteiger partial charge in [-0.05, 0) is 32.6 Å². The molecule has 0 saturated carbocycles.